The second-order valence-electron chi connectivity index (χ2n) is 9.34. The molecule has 4 rings (SSSR count). The van der Waals surface area contributed by atoms with Crippen LogP contribution in [-0.2, 0) is 19.0 Å². The first kappa shape index (κ1) is 19.4. The molecule has 2 aliphatic carbocycles. The summed E-state index contributed by atoms with van der Waals surface area (Å²) in [6, 6.07) is 0. The van der Waals surface area contributed by atoms with E-state index in [1.807, 2.05) is 0 Å². The molecule has 1 saturated heterocycles. The van der Waals surface area contributed by atoms with E-state index in [1.54, 1.807) is 13.2 Å². The van der Waals surface area contributed by atoms with Gasteiger partial charge in [0.25, 0.3) is 0 Å². The van der Waals surface area contributed by atoms with Crippen LogP contribution >= 0.6 is 0 Å². The number of aliphatic hydroxyl groups excluding tert-OH is 1. The highest BCUT2D eigenvalue weighted by atomic mass is 16.7. The van der Waals surface area contributed by atoms with E-state index in [1.165, 1.54) is 0 Å². The lowest BCUT2D eigenvalue weighted by molar-refractivity contribution is -0.267. The van der Waals surface area contributed by atoms with Gasteiger partial charge >= 0.3 is 5.97 Å². The van der Waals surface area contributed by atoms with Gasteiger partial charge in [-0.25, -0.2) is 4.79 Å². The monoisotopic (exact) mass is 380 g/mol. The zero-order chi connectivity index (χ0) is 19.4. The molecule has 2 aliphatic heterocycles. The summed E-state index contributed by atoms with van der Waals surface area (Å²) in [5.41, 5.74) is -0.838. The van der Waals surface area contributed by atoms with Crippen molar-refractivity contribution in [2.75, 3.05) is 20.3 Å². The molecule has 2 heterocycles. The van der Waals surface area contributed by atoms with Gasteiger partial charge in [-0.15, -0.1) is 0 Å². The normalized spacial score (nSPS) is 49.4. The molecule has 152 valence electrons. The zero-order valence-electron chi connectivity index (χ0n) is 16.6. The van der Waals surface area contributed by atoms with Crippen LogP contribution in [0.5, 0.6) is 0 Å². The molecule has 27 heavy (non-hydrogen) atoms. The minimum Gasteiger partial charge on any atom is -0.458 e. The van der Waals surface area contributed by atoms with Crippen molar-refractivity contribution in [3.63, 3.8) is 0 Å². The van der Waals surface area contributed by atoms with Gasteiger partial charge < -0.3 is 24.4 Å². The maximum Gasteiger partial charge on any atom is 0.331 e. The number of ether oxygens (including phenoxy) is 3. The van der Waals surface area contributed by atoms with Crippen LogP contribution in [0.4, 0.5) is 0 Å². The largest absolute Gasteiger partial charge is 0.458 e. The van der Waals surface area contributed by atoms with E-state index in [-0.39, 0.29) is 23.9 Å². The number of hydrogen-bond donors (Lipinski definition) is 2. The number of carbonyl (C=O) groups excluding carboxylic acids is 1. The van der Waals surface area contributed by atoms with Gasteiger partial charge in [-0.1, -0.05) is 13.8 Å². The molecule has 6 nitrogen and oxygen atoms in total. The third-order valence-corrected chi connectivity index (χ3v) is 8.42. The van der Waals surface area contributed by atoms with Crippen LogP contribution < -0.4 is 0 Å². The average Bonchev–Trinajstić information content (AvgIpc) is 3.19. The third-order valence-electron chi connectivity index (χ3n) is 8.42. The maximum atomic E-state index is 11.6. The highest BCUT2D eigenvalue weighted by Crippen LogP contribution is 2.68. The number of hydrogen-bond acceptors (Lipinski definition) is 6. The van der Waals surface area contributed by atoms with Gasteiger partial charge in [-0.2, -0.15) is 0 Å². The first-order chi connectivity index (χ1) is 12.8. The lowest BCUT2D eigenvalue weighted by Gasteiger charge is -2.63. The SMILES string of the molecule is COC1OCC2(O)C(O)CCC3C(C)(CCC4=CC(=O)OC4)C(C)CCC132. The van der Waals surface area contributed by atoms with Gasteiger partial charge in [0.2, 0.25) is 0 Å². The average molecular weight is 380 g/mol. The number of cyclic esters (lactones) is 1. The van der Waals surface area contributed by atoms with Gasteiger partial charge in [-0.05, 0) is 61.3 Å². The van der Waals surface area contributed by atoms with Crippen LogP contribution in [0.15, 0.2) is 11.6 Å². The van der Waals surface area contributed by atoms with Crippen molar-refractivity contribution in [1.29, 1.82) is 0 Å². The Labute approximate surface area is 160 Å². The van der Waals surface area contributed by atoms with Gasteiger partial charge in [0.1, 0.15) is 12.2 Å². The van der Waals surface area contributed by atoms with Crippen molar-refractivity contribution >= 4 is 5.97 Å². The molecule has 1 spiro atoms. The summed E-state index contributed by atoms with van der Waals surface area (Å²) in [7, 11) is 1.63. The standard InChI is InChI=1S/C21H32O6/c1-13-6-9-20-15(19(13,2)8-7-14-10-17(23)26-11-14)4-5-16(22)21(20,24)12-27-18(20)25-3/h10,13,15-16,18,22,24H,4-9,11-12H2,1-3H3. The lowest BCUT2D eigenvalue weighted by atomic mass is 9.42. The molecule has 0 aromatic heterocycles. The highest BCUT2D eigenvalue weighted by Gasteiger charge is 2.73. The summed E-state index contributed by atoms with van der Waals surface area (Å²) in [4.78, 5) is 11.4. The van der Waals surface area contributed by atoms with E-state index >= 15 is 0 Å². The number of aliphatic hydroxyl groups is 2. The molecule has 6 heteroatoms. The van der Waals surface area contributed by atoms with Crippen molar-refractivity contribution in [1.82, 2.24) is 0 Å². The van der Waals surface area contributed by atoms with Crippen molar-refractivity contribution < 1.29 is 29.2 Å². The Hall–Kier alpha value is -0.950. The molecule has 7 unspecified atom stereocenters. The molecule has 7 atom stereocenters. The maximum absolute atomic E-state index is 11.6. The molecule has 0 aromatic rings. The van der Waals surface area contributed by atoms with Crippen LogP contribution in [0.25, 0.3) is 0 Å². The quantitative estimate of drug-likeness (QED) is 0.727. The lowest BCUT2D eigenvalue weighted by Crippen LogP contribution is -2.69. The Balaban J connectivity index is 1.68. The summed E-state index contributed by atoms with van der Waals surface area (Å²) < 4.78 is 16.7. The van der Waals surface area contributed by atoms with Crippen LogP contribution in [0.3, 0.4) is 0 Å². The van der Waals surface area contributed by atoms with Gasteiger partial charge in [0.15, 0.2) is 6.29 Å². The Morgan fingerprint density at radius 3 is 2.78 bits per heavy atom. The first-order valence-corrected chi connectivity index (χ1v) is 10.2. The molecule has 2 N–H and O–H groups in total. The minimum absolute atomic E-state index is 0.0384. The third kappa shape index (κ3) is 2.56. The number of carbonyl (C=O) groups is 1. The molecule has 0 radical (unpaired) electrons. The number of rotatable bonds is 4. The second kappa shape index (κ2) is 6.55. The molecule has 0 aromatic carbocycles. The fraction of sp³-hybridized carbons (Fsp3) is 0.857. The van der Waals surface area contributed by atoms with E-state index in [2.05, 4.69) is 13.8 Å². The summed E-state index contributed by atoms with van der Waals surface area (Å²) in [5, 5.41) is 22.3. The van der Waals surface area contributed by atoms with Crippen molar-refractivity contribution in [3.8, 4) is 0 Å². The fourth-order valence-corrected chi connectivity index (χ4v) is 6.63. The van der Waals surface area contributed by atoms with Crippen LogP contribution in [0, 0.1) is 22.7 Å². The van der Waals surface area contributed by atoms with E-state index in [9.17, 15) is 15.0 Å². The molecule has 4 aliphatic rings. The minimum atomic E-state index is -1.26. The summed E-state index contributed by atoms with van der Waals surface area (Å²) in [5.74, 6) is 0.416. The van der Waals surface area contributed by atoms with E-state index in [0.29, 0.717) is 18.9 Å². The Kier molecular flexibility index (Phi) is 4.70. The molecular weight excluding hydrogens is 348 g/mol. The predicted octanol–water partition coefficient (Wildman–Crippen LogP) is 2.18. The number of esters is 1. The van der Waals surface area contributed by atoms with Crippen molar-refractivity contribution in [2.45, 2.75) is 70.4 Å². The van der Waals surface area contributed by atoms with Crippen molar-refractivity contribution in [2.24, 2.45) is 22.7 Å². The summed E-state index contributed by atoms with van der Waals surface area (Å²) in [6.07, 6.45) is 5.26. The highest BCUT2D eigenvalue weighted by molar-refractivity contribution is 5.85. The van der Waals surface area contributed by atoms with Crippen LogP contribution in [0.2, 0.25) is 0 Å². The Morgan fingerprint density at radius 1 is 1.33 bits per heavy atom. The Morgan fingerprint density at radius 2 is 2.11 bits per heavy atom. The zero-order valence-corrected chi connectivity index (χ0v) is 16.6. The summed E-state index contributed by atoms with van der Waals surface area (Å²) in [6.45, 7) is 5.12. The van der Waals surface area contributed by atoms with Crippen LogP contribution in [0.1, 0.15) is 52.4 Å². The van der Waals surface area contributed by atoms with Crippen LogP contribution in [-0.4, -0.2) is 54.5 Å². The molecular formula is C21H32O6. The predicted molar refractivity (Wildman–Crippen MR) is 97.6 cm³/mol. The van der Waals surface area contributed by atoms with Gasteiger partial charge in [-0.3, -0.25) is 0 Å². The van der Waals surface area contributed by atoms with Crippen molar-refractivity contribution in [3.05, 3.63) is 11.6 Å². The number of methoxy groups -OCH3 is 1. The van der Waals surface area contributed by atoms with E-state index < -0.39 is 23.4 Å². The van der Waals surface area contributed by atoms with Gasteiger partial charge in [0, 0.05) is 13.2 Å². The van der Waals surface area contributed by atoms with E-state index in [4.69, 9.17) is 14.2 Å². The fourth-order valence-electron chi connectivity index (χ4n) is 6.63. The Bertz CT molecular complexity index is 647. The topological polar surface area (TPSA) is 85.2 Å². The molecule has 0 bridgehead atoms. The smallest absolute Gasteiger partial charge is 0.331 e. The second-order valence-corrected chi connectivity index (χ2v) is 9.34. The van der Waals surface area contributed by atoms with E-state index in [0.717, 1.165) is 37.7 Å². The van der Waals surface area contributed by atoms with Gasteiger partial charge in [0.05, 0.1) is 18.1 Å². The first-order valence-electron chi connectivity index (χ1n) is 10.2. The molecule has 2 saturated carbocycles. The molecule has 3 fully saturated rings. The molecule has 0 amide bonds. The summed E-state index contributed by atoms with van der Waals surface area (Å²) >= 11 is 0.